The van der Waals surface area contributed by atoms with Gasteiger partial charge in [-0.2, -0.15) is 10.2 Å². The number of hydrogen-bond acceptors (Lipinski definition) is 4. The van der Waals surface area contributed by atoms with Crippen LogP contribution >= 0.6 is 0 Å². The molecule has 0 radical (unpaired) electrons. The van der Waals surface area contributed by atoms with Gasteiger partial charge in [0.05, 0.1) is 5.54 Å². The maximum atomic E-state index is 5.02. The molecule has 4 fully saturated rings. The maximum Gasteiger partial charge on any atom is 0.156 e. The molecule has 6 nitrogen and oxygen atoms in total. The summed E-state index contributed by atoms with van der Waals surface area (Å²) in [6.45, 7) is 0. The van der Waals surface area contributed by atoms with E-state index in [1.54, 1.807) is 6.33 Å². The molecule has 4 aliphatic rings. The summed E-state index contributed by atoms with van der Waals surface area (Å²) in [7, 11) is 0. The highest BCUT2D eigenvalue weighted by Crippen LogP contribution is 2.64. The first-order chi connectivity index (χ1) is 13.7. The van der Waals surface area contributed by atoms with E-state index in [-0.39, 0.29) is 11.0 Å². The van der Waals surface area contributed by atoms with Gasteiger partial charge in [-0.15, -0.1) is 0 Å². The van der Waals surface area contributed by atoms with E-state index in [2.05, 4.69) is 50.2 Å². The van der Waals surface area contributed by atoms with Crippen molar-refractivity contribution >= 4 is 0 Å². The van der Waals surface area contributed by atoms with Crippen molar-refractivity contribution in [1.29, 1.82) is 0 Å². The van der Waals surface area contributed by atoms with Crippen molar-refractivity contribution in [2.75, 3.05) is 0 Å². The van der Waals surface area contributed by atoms with Crippen LogP contribution < -0.4 is 0 Å². The Kier molecular flexibility index (Phi) is 3.52. The molecule has 1 aromatic carbocycles. The number of aryl methyl sites for hydroxylation is 2. The number of benzene rings is 1. The highest BCUT2D eigenvalue weighted by Gasteiger charge is 2.60. The Hall–Kier alpha value is -2.50. The summed E-state index contributed by atoms with van der Waals surface area (Å²) in [5.41, 5.74) is 1.57. The molecule has 2 aromatic heterocycles. The van der Waals surface area contributed by atoms with Crippen LogP contribution in [0.4, 0.5) is 0 Å². The van der Waals surface area contributed by atoms with Crippen LogP contribution in [0.25, 0.3) is 0 Å². The minimum absolute atomic E-state index is 0.109. The van der Waals surface area contributed by atoms with Crippen LogP contribution in [0.15, 0.2) is 43.0 Å². The smallest absolute Gasteiger partial charge is 0.156 e. The van der Waals surface area contributed by atoms with Crippen molar-refractivity contribution in [3.8, 4) is 0 Å². The van der Waals surface area contributed by atoms with Crippen LogP contribution in [0.1, 0.15) is 55.7 Å². The van der Waals surface area contributed by atoms with E-state index in [9.17, 15) is 0 Å². The molecule has 0 saturated heterocycles. The first-order valence-corrected chi connectivity index (χ1v) is 10.5. The number of nitrogens with zero attached hydrogens (tertiary/aromatic N) is 5. The predicted molar refractivity (Wildman–Crippen MR) is 105 cm³/mol. The van der Waals surface area contributed by atoms with Crippen LogP contribution in [-0.2, 0) is 23.8 Å². The van der Waals surface area contributed by atoms with E-state index < -0.39 is 0 Å². The summed E-state index contributed by atoms with van der Waals surface area (Å²) in [6, 6.07) is 10.6. The molecule has 4 aliphatic carbocycles. The summed E-state index contributed by atoms with van der Waals surface area (Å²) in [4.78, 5) is 9.26. The summed E-state index contributed by atoms with van der Waals surface area (Å²) in [5, 5.41) is 12.6. The van der Waals surface area contributed by atoms with Crippen LogP contribution in [0, 0.1) is 11.8 Å². The molecular formula is C22H26N6. The van der Waals surface area contributed by atoms with E-state index in [4.69, 9.17) is 10.1 Å². The van der Waals surface area contributed by atoms with Gasteiger partial charge in [-0.25, -0.2) is 14.6 Å². The Morgan fingerprint density at radius 3 is 2.61 bits per heavy atom. The lowest BCUT2D eigenvalue weighted by Crippen LogP contribution is -2.58. The van der Waals surface area contributed by atoms with Crippen LogP contribution in [-0.4, -0.2) is 29.9 Å². The number of aromatic nitrogens is 6. The normalized spacial score (nSPS) is 33.4. The minimum atomic E-state index is 0.109. The van der Waals surface area contributed by atoms with Crippen LogP contribution in [0.3, 0.4) is 0 Å². The highest BCUT2D eigenvalue weighted by molar-refractivity contribution is 5.22. The molecule has 0 aliphatic heterocycles. The zero-order valence-electron chi connectivity index (χ0n) is 16.1. The molecule has 0 spiro atoms. The summed E-state index contributed by atoms with van der Waals surface area (Å²) < 4.78 is 2.15. The van der Waals surface area contributed by atoms with Crippen LogP contribution in [0.5, 0.6) is 0 Å². The van der Waals surface area contributed by atoms with Gasteiger partial charge in [0.1, 0.15) is 18.5 Å². The molecule has 0 unspecified atom stereocenters. The van der Waals surface area contributed by atoms with Crippen molar-refractivity contribution < 1.29 is 0 Å². The molecule has 4 saturated carbocycles. The van der Waals surface area contributed by atoms with Gasteiger partial charge in [0.15, 0.2) is 5.82 Å². The zero-order valence-corrected chi connectivity index (χ0v) is 16.1. The number of rotatable bonds is 5. The summed E-state index contributed by atoms with van der Waals surface area (Å²) in [6.07, 6.45) is 12.9. The Morgan fingerprint density at radius 1 is 1.04 bits per heavy atom. The predicted octanol–water partition coefficient (Wildman–Crippen LogP) is 3.43. The number of aromatic amines is 1. The summed E-state index contributed by atoms with van der Waals surface area (Å²) in [5.74, 6) is 3.59. The van der Waals surface area contributed by atoms with Gasteiger partial charge in [0, 0.05) is 11.8 Å². The average molecular weight is 374 g/mol. The zero-order chi connectivity index (χ0) is 18.6. The Bertz CT molecular complexity index is 946. The van der Waals surface area contributed by atoms with E-state index in [0.717, 1.165) is 42.7 Å². The van der Waals surface area contributed by atoms with Crippen molar-refractivity contribution in [2.45, 2.75) is 62.3 Å². The van der Waals surface area contributed by atoms with Gasteiger partial charge in [-0.1, -0.05) is 30.3 Å². The largest absolute Gasteiger partial charge is 0.263 e. The van der Waals surface area contributed by atoms with Gasteiger partial charge >= 0.3 is 0 Å². The molecule has 4 bridgehead atoms. The van der Waals surface area contributed by atoms with E-state index in [1.807, 2.05) is 6.33 Å². The maximum absolute atomic E-state index is 5.02. The lowest BCUT2D eigenvalue weighted by atomic mass is 9.46. The van der Waals surface area contributed by atoms with Crippen molar-refractivity contribution in [2.24, 2.45) is 11.8 Å². The average Bonchev–Trinajstić information content (AvgIpc) is 3.39. The van der Waals surface area contributed by atoms with E-state index >= 15 is 0 Å². The number of H-pyrrole nitrogens is 1. The Labute approximate surface area is 164 Å². The molecule has 1 N–H and O–H groups in total. The highest BCUT2D eigenvalue weighted by atomic mass is 15.4. The van der Waals surface area contributed by atoms with Gasteiger partial charge in [0.25, 0.3) is 0 Å². The van der Waals surface area contributed by atoms with Crippen LogP contribution in [0.2, 0.25) is 0 Å². The molecule has 2 atom stereocenters. The number of hydrogen-bond donors (Lipinski definition) is 1. The first kappa shape index (κ1) is 16.5. The second-order valence-electron chi connectivity index (χ2n) is 9.40. The molecule has 7 rings (SSSR count). The van der Waals surface area contributed by atoms with Crippen molar-refractivity contribution in [1.82, 2.24) is 29.9 Å². The third-order valence-electron chi connectivity index (χ3n) is 7.43. The molecular weight excluding hydrogens is 348 g/mol. The third-order valence-corrected chi connectivity index (χ3v) is 7.43. The lowest BCUT2D eigenvalue weighted by molar-refractivity contribution is -0.0715. The van der Waals surface area contributed by atoms with Gasteiger partial charge in [0.2, 0.25) is 0 Å². The van der Waals surface area contributed by atoms with E-state index in [0.29, 0.717) is 0 Å². The molecule has 2 heterocycles. The molecule has 28 heavy (non-hydrogen) atoms. The summed E-state index contributed by atoms with van der Waals surface area (Å²) >= 11 is 0. The van der Waals surface area contributed by atoms with Crippen molar-refractivity contribution in [3.05, 3.63) is 60.2 Å². The minimum Gasteiger partial charge on any atom is -0.263 e. The molecule has 0 amide bonds. The second kappa shape index (κ2) is 6.00. The molecule has 6 heteroatoms. The van der Waals surface area contributed by atoms with E-state index in [1.165, 1.54) is 37.7 Å². The van der Waals surface area contributed by atoms with Gasteiger partial charge < -0.3 is 0 Å². The quantitative estimate of drug-likeness (QED) is 0.743. The molecule has 144 valence electrons. The monoisotopic (exact) mass is 374 g/mol. The molecule has 3 aromatic rings. The fourth-order valence-electron chi connectivity index (χ4n) is 6.75. The second-order valence-corrected chi connectivity index (χ2v) is 9.40. The fraction of sp³-hybridized carbons (Fsp3) is 0.545. The van der Waals surface area contributed by atoms with Crippen molar-refractivity contribution in [3.63, 3.8) is 0 Å². The topological polar surface area (TPSA) is 72.3 Å². The lowest BCUT2D eigenvalue weighted by Gasteiger charge is -2.60. The standard InChI is InChI=1S/C22H26N6/c1-2-4-16(5-3-1)6-7-19-25-20(27-26-19)21-9-17-8-18(10-21)12-22(11-17,13-21)28-15-23-14-24-28/h1-5,14-15,17-18H,6-13H2,(H,25,26,27)/t17-,18-,21?,22?/m0/s1. The number of nitrogens with one attached hydrogen (secondary N) is 1. The Morgan fingerprint density at radius 2 is 1.86 bits per heavy atom. The SMILES string of the molecule is c1ccc(CCc2nc(C34C[C@@H]5C[C@@H](C3)CC(n3cncn3)(C5)C4)n[nH]2)cc1. The van der Waals surface area contributed by atoms with Gasteiger partial charge in [-0.3, -0.25) is 5.10 Å². The van der Waals surface area contributed by atoms with Gasteiger partial charge in [-0.05, 0) is 62.3 Å². The fourth-order valence-corrected chi connectivity index (χ4v) is 6.75. The Balaban J connectivity index is 1.28. The first-order valence-electron chi connectivity index (χ1n) is 10.5. The third kappa shape index (κ3) is 2.54.